The summed E-state index contributed by atoms with van der Waals surface area (Å²) in [6.45, 7) is 3.45. The number of halogens is 1. The third-order valence-corrected chi connectivity index (χ3v) is 2.58. The molecule has 2 rings (SSSR count). The Labute approximate surface area is 87.9 Å². The number of carbonyl (C=O) groups is 1. The molecule has 1 aliphatic rings. The zero-order valence-corrected chi connectivity index (χ0v) is 8.45. The van der Waals surface area contributed by atoms with E-state index in [-0.39, 0.29) is 11.7 Å². The standard InChI is InChI=1S/C11H13FN2O/c12-10-3-1-9(2-4-10)11(15)14-7-5-13-6-8-14/h1-4,13H,5-8H2/p+1. The number of carbonyl (C=O) groups excluding carboxylic acids is 1. The van der Waals surface area contributed by atoms with Gasteiger partial charge in [0.2, 0.25) is 0 Å². The highest BCUT2D eigenvalue weighted by Crippen LogP contribution is 2.06. The maximum Gasteiger partial charge on any atom is 0.254 e. The summed E-state index contributed by atoms with van der Waals surface area (Å²) in [4.78, 5) is 13.7. The van der Waals surface area contributed by atoms with E-state index in [9.17, 15) is 9.18 Å². The van der Waals surface area contributed by atoms with Gasteiger partial charge in [0.1, 0.15) is 5.82 Å². The third kappa shape index (κ3) is 2.33. The monoisotopic (exact) mass is 209 g/mol. The van der Waals surface area contributed by atoms with E-state index in [4.69, 9.17) is 0 Å². The first-order valence-corrected chi connectivity index (χ1v) is 5.14. The van der Waals surface area contributed by atoms with Crippen LogP contribution in [0.15, 0.2) is 24.3 Å². The van der Waals surface area contributed by atoms with Crippen LogP contribution in [0.4, 0.5) is 4.39 Å². The van der Waals surface area contributed by atoms with E-state index in [0.29, 0.717) is 5.56 Å². The van der Waals surface area contributed by atoms with Gasteiger partial charge in [-0.3, -0.25) is 4.79 Å². The maximum absolute atomic E-state index is 12.7. The number of quaternary nitrogens is 1. The van der Waals surface area contributed by atoms with E-state index in [1.807, 2.05) is 4.90 Å². The Kier molecular flexibility index (Phi) is 2.97. The molecule has 1 heterocycles. The van der Waals surface area contributed by atoms with E-state index < -0.39 is 0 Å². The number of benzene rings is 1. The molecule has 0 atom stereocenters. The van der Waals surface area contributed by atoms with Crippen molar-refractivity contribution in [3.05, 3.63) is 35.6 Å². The number of amides is 1. The van der Waals surface area contributed by atoms with Crippen LogP contribution >= 0.6 is 0 Å². The lowest BCUT2D eigenvalue weighted by atomic mass is 10.2. The van der Waals surface area contributed by atoms with E-state index >= 15 is 0 Å². The summed E-state index contributed by atoms with van der Waals surface area (Å²) in [5, 5.41) is 2.19. The summed E-state index contributed by atoms with van der Waals surface area (Å²) < 4.78 is 12.7. The number of hydrogen-bond donors (Lipinski definition) is 1. The number of nitrogens with zero attached hydrogens (tertiary/aromatic N) is 1. The van der Waals surface area contributed by atoms with Crippen molar-refractivity contribution in [2.45, 2.75) is 0 Å². The molecule has 0 radical (unpaired) electrons. The van der Waals surface area contributed by atoms with Crippen LogP contribution in [0.5, 0.6) is 0 Å². The summed E-state index contributed by atoms with van der Waals surface area (Å²) in [7, 11) is 0. The van der Waals surface area contributed by atoms with Crippen LogP contribution in [0.25, 0.3) is 0 Å². The molecule has 80 valence electrons. The van der Waals surface area contributed by atoms with Crippen molar-refractivity contribution < 1.29 is 14.5 Å². The smallest absolute Gasteiger partial charge is 0.254 e. The first-order chi connectivity index (χ1) is 7.27. The number of rotatable bonds is 1. The van der Waals surface area contributed by atoms with Crippen LogP contribution in [-0.2, 0) is 0 Å². The second-order valence-corrected chi connectivity index (χ2v) is 3.67. The number of piperazine rings is 1. The predicted octanol–water partition coefficient (Wildman–Crippen LogP) is -0.155. The topological polar surface area (TPSA) is 36.9 Å². The number of hydrogen-bond acceptors (Lipinski definition) is 1. The molecule has 1 fully saturated rings. The fraction of sp³-hybridized carbons (Fsp3) is 0.364. The summed E-state index contributed by atoms with van der Waals surface area (Å²) in [5.41, 5.74) is 0.568. The van der Waals surface area contributed by atoms with E-state index in [1.165, 1.54) is 24.3 Å². The van der Waals surface area contributed by atoms with Crippen LogP contribution in [0.2, 0.25) is 0 Å². The van der Waals surface area contributed by atoms with Crippen LogP contribution in [-0.4, -0.2) is 37.0 Å². The molecular formula is C11H14FN2O+. The molecule has 15 heavy (non-hydrogen) atoms. The van der Waals surface area contributed by atoms with Crippen molar-refractivity contribution in [3.8, 4) is 0 Å². The van der Waals surface area contributed by atoms with Crippen molar-refractivity contribution in [1.29, 1.82) is 0 Å². The first-order valence-electron chi connectivity index (χ1n) is 5.14. The Morgan fingerprint density at radius 2 is 1.80 bits per heavy atom. The van der Waals surface area contributed by atoms with Crippen molar-refractivity contribution in [2.75, 3.05) is 26.2 Å². The molecule has 0 bridgehead atoms. The first kappa shape index (κ1) is 10.1. The molecule has 1 amide bonds. The Morgan fingerprint density at radius 1 is 1.20 bits per heavy atom. The van der Waals surface area contributed by atoms with Crippen molar-refractivity contribution in [2.24, 2.45) is 0 Å². The quantitative estimate of drug-likeness (QED) is 0.686. The molecule has 3 nitrogen and oxygen atoms in total. The molecule has 1 saturated heterocycles. The summed E-state index contributed by atoms with van der Waals surface area (Å²) in [6.07, 6.45) is 0. The highest BCUT2D eigenvalue weighted by atomic mass is 19.1. The second-order valence-electron chi connectivity index (χ2n) is 3.67. The lowest BCUT2D eigenvalue weighted by Gasteiger charge is -2.25. The molecule has 2 N–H and O–H groups in total. The van der Waals surface area contributed by atoms with Gasteiger partial charge < -0.3 is 10.2 Å². The lowest BCUT2D eigenvalue weighted by Crippen LogP contribution is -2.89. The largest absolute Gasteiger partial charge is 0.343 e. The van der Waals surface area contributed by atoms with Gasteiger partial charge in [-0.25, -0.2) is 4.39 Å². The zero-order chi connectivity index (χ0) is 10.7. The minimum atomic E-state index is -0.307. The van der Waals surface area contributed by atoms with Gasteiger partial charge in [-0.05, 0) is 24.3 Å². The molecule has 0 aromatic heterocycles. The van der Waals surface area contributed by atoms with Crippen molar-refractivity contribution >= 4 is 5.91 Å². The van der Waals surface area contributed by atoms with Gasteiger partial charge in [-0.15, -0.1) is 0 Å². The maximum atomic E-state index is 12.7. The van der Waals surface area contributed by atoms with Crippen LogP contribution in [0.3, 0.4) is 0 Å². The van der Waals surface area contributed by atoms with Gasteiger partial charge >= 0.3 is 0 Å². The predicted molar refractivity (Wildman–Crippen MR) is 54.0 cm³/mol. The molecule has 1 aliphatic heterocycles. The molecule has 0 unspecified atom stereocenters. The normalized spacial score (nSPS) is 16.5. The van der Waals surface area contributed by atoms with Crippen LogP contribution in [0, 0.1) is 5.82 Å². The molecule has 0 saturated carbocycles. The van der Waals surface area contributed by atoms with Crippen molar-refractivity contribution in [3.63, 3.8) is 0 Å². The van der Waals surface area contributed by atoms with Gasteiger partial charge in [0, 0.05) is 5.56 Å². The fourth-order valence-electron chi connectivity index (χ4n) is 1.73. The summed E-state index contributed by atoms with van der Waals surface area (Å²) in [6, 6.07) is 5.72. The van der Waals surface area contributed by atoms with E-state index in [0.717, 1.165) is 26.2 Å². The Morgan fingerprint density at radius 3 is 2.40 bits per heavy atom. The van der Waals surface area contributed by atoms with Crippen LogP contribution in [0.1, 0.15) is 10.4 Å². The van der Waals surface area contributed by atoms with Gasteiger partial charge in [0.25, 0.3) is 5.91 Å². The minimum Gasteiger partial charge on any atom is -0.343 e. The fourth-order valence-corrected chi connectivity index (χ4v) is 1.73. The average molecular weight is 209 g/mol. The van der Waals surface area contributed by atoms with Gasteiger partial charge in [-0.2, -0.15) is 0 Å². The molecule has 4 heteroatoms. The third-order valence-electron chi connectivity index (χ3n) is 2.58. The SMILES string of the molecule is O=C(c1ccc(F)cc1)N1CC[NH2+]CC1. The molecular weight excluding hydrogens is 195 g/mol. The minimum absolute atomic E-state index is 0.00287. The highest BCUT2D eigenvalue weighted by molar-refractivity contribution is 5.94. The van der Waals surface area contributed by atoms with E-state index in [1.54, 1.807) is 0 Å². The summed E-state index contributed by atoms with van der Waals surface area (Å²) >= 11 is 0. The van der Waals surface area contributed by atoms with Gasteiger partial charge in [0.15, 0.2) is 0 Å². The van der Waals surface area contributed by atoms with E-state index in [2.05, 4.69) is 5.32 Å². The Bertz CT molecular complexity index is 344. The molecule has 1 aromatic carbocycles. The van der Waals surface area contributed by atoms with Crippen molar-refractivity contribution in [1.82, 2.24) is 4.90 Å². The molecule has 1 aromatic rings. The average Bonchev–Trinajstić information content (AvgIpc) is 2.30. The Balaban J connectivity index is 2.09. The second kappa shape index (κ2) is 4.40. The highest BCUT2D eigenvalue weighted by Gasteiger charge is 2.19. The zero-order valence-electron chi connectivity index (χ0n) is 8.45. The van der Waals surface area contributed by atoms with Gasteiger partial charge in [0.05, 0.1) is 26.2 Å². The molecule has 0 spiro atoms. The number of nitrogens with two attached hydrogens (primary N) is 1. The van der Waals surface area contributed by atoms with Crippen LogP contribution < -0.4 is 5.32 Å². The lowest BCUT2D eigenvalue weighted by molar-refractivity contribution is -0.661. The molecule has 0 aliphatic carbocycles. The summed E-state index contributed by atoms with van der Waals surface area (Å²) in [5.74, 6) is -0.304. The Hall–Kier alpha value is -1.42. The van der Waals surface area contributed by atoms with Gasteiger partial charge in [-0.1, -0.05) is 0 Å².